The molecule has 2 N–H and O–H groups in total. The molecule has 1 aliphatic heterocycles. The maximum Gasteiger partial charge on any atom is 0.108 e. The molecule has 0 bridgehead atoms. The van der Waals surface area contributed by atoms with Crippen LogP contribution in [0.15, 0.2) is 12.4 Å². The highest BCUT2D eigenvalue weighted by atomic mass is 32.2. The van der Waals surface area contributed by atoms with Crippen molar-refractivity contribution >= 4 is 23.5 Å². The van der Waals surface area contributed by atoms with Gasteiger partial charge in [0.05, 0.1) is 0 Å². The molecule has 0 amide bonds. The van der Waals surface area contributed by atoms with Gasteiger partial charge in [-0.3, -0.25) is 0 Å². The topological polar surface area (TPSA) is 43.8 Å². The Morgan fingerprint density at radius 3 is 2.89 bits per heavy atom. The zero-order chi connectivity index (χ0) is 13.1. The molecule has 0 radical (unpaired) electrons. The van der Waals surface area contributed by atoms with Crippen LogP contribution in [0.3, 0.4) is 0 Å². The van der Waals surface area contributed by atoms with Crippen molar-refractivity contribution < 1.29 is 0 Å². The lowest BCUT2D eigenvalue weighted by atomic mass is 10.1. The van der Waals surface area contributed by atoms with Crippen molar-refractivity contribution in [2.45, 2.75) is 48.5 Å². The number of hydrogen-bond acceptors (Lipinski definition) is 4. The van der Waals surface area contributed by atoms with Crippen molar-refractivity contribution in [3.8, 4) is 0 Å². The van der Waals surface area contributed by atoms with E-state index < -0.39 is 0 Å². The molecule has 4 atom stereocenters. The highest BCUT2D eigenvalue weighted by Gasteiger charge is 2.29. The maximum atomic E-state index is 6.35. The Hall–Kier alpha value is -0.130. The third-order valence-corrected chi connectivity index (χ3v) is 7.25. The summed E-state index contributed by atoms with van der Waals surface area (Å²) in [7, 11) is 2.04. The lowest BCUT2D eigenvalue weighted by Gasteiger charge is -2.34. The van der Waals surface area contributed by atoms with E-state index in [1.807, 2.05) is 19.4 Å². The number of aryl methyl sites for hydroxylation is 2. The maximum absolute atomic E-state index is 6.35. The third-order valence-electron chi connectivity index (χ3n) is 3.67. The summed E-state index contributed by atoms with van der Waals surface area (Å²) in [4.78, 5) is 4.36. The molecule has 0 aliphatic carbocycles. The Balaban J connectivity index is 1.81. The van der Waals surface area contributed by atoms with Crippen LogP contribution in [0.5, 0.6) is 0 Å². The zero-order valence-electron chi connectivity index (χ0n) is 11.4. The van der Waals surface area contributed by atoms with E-state index in [1.54, 1.807) is 0 Å². The molecule has 5 heteroatoms. The van der Waals surface area contributed by atoms with E-state index in [1.165, 1.54) is 5.75 Å². The van der Waals surface area contributed by atoms with Crippen LogP contribution in [0, 0.1) is 0 Å². The number of thioether (sulfide) groups is 2. The molecule has 4 unspecified atom stereocenters. The van der Waals surface area contributed by atoms with Crippen molar-refractivity contribution in [2.75, 3.05) is 5.75 Å². The first-order valence-electron chi connectivity index (χ1n) is 6.56. The predicted octanol–water partition coefficient (Wildman–Crippen LogP) is 2.31. The van der Waals surface area contributed by atoms with Crippen LogP contribution in [0.25, 0.3) is 0 Å². The molecular weight excluding hydrogens is 262 g/mol. The molecule has 1 fully saturated rings. The summed E-state index contributed by atoms with van der Waals surface area (Å²) < 4.78 is 2.08. The number of rotatable bonds is 4. The van der Waals surface area contributed by atoms with Gasteiger partial charge >= 0.3 is 0 Å². The fraction of sp³-hybridized carbons (Fsp3) is 0.769. The Labute approximate surface area is 118 Å². The monoisotopic (exact) mass is 285 g/mol. The quantitative estimate of drug-likeness (QED) is 0.922. The van der Waals surface area contributed by atoms with Crippen LogP contribution in [-0.4, -0.2) is 37.1 Å². The summed E-state index contributed by atoms with van der Waals surface area (Å²) in [6.07, 6.45) is 5.87. The van der Waals surface area contributed by atoms with E-state index >= 15 is 0 Å². The van der Waals surface area contributed by atoms with Crippen LogP contribution in [-0.2, 0) is 13.5 Å². The Morgan fingerprint density at radius 2 is 2.28 bits per heavy atom. The molecular formula is C13H23N3S2. The zero-order valence-corrected chi connectivity index (χ0v) is 13.0. The van der Waals surface area contributed by atoms with Gasteiger partial charge < -0.3 is 10.3 Å². The van der Waals surface area contributed by atoms with E-state index in [2.05, 4.69) is 46.9 Å². The lowest BCUT2D eigenvalue weighted by molar-refractivity contribution is 0.586. The van der Waals surface area contributed by atoms with Crippen LogP contribution in [0.4, 0.5) is 0 Å². The Bertz CT molecular complexity index is 380. The van der Waals surface area contributed by atoms with Crippen molar-refractivity contribution in [2.24, 2.45) is 12.8 Å². The van der Waals surface area contributed by atoms with Gasteiger partial charge in [-0.2, -0.15) is 23.5 Å². The fourth-order valence-electron chi connectivity index (χ4n) is 2.15. The molecule has 2 heterocycles. The molecule has 2 rings (SSSR count). The number of imidazole rings is 1. The van der Waals surface area contributed by atoms with Crippen LogP contribution in [0.1, 0.15) is 26.1 Å². The highest BCUT2D eigenvalue weighted by Crippen LogP contribution is 2.37. The van der Waals surface area contributed by atoms with Crippen molar-refractivity contribution in [1.29, 1.82) is 0 Å². The smallest absolute Gasteiger partial charge is 0.108 e. The van der Waals surface area contributed by atoms with E-state index in [-0.39, 0.29) is 6.04 Å². The van der Waals surface area contributed by atoms with E-state index in [0.717, 1.165) is 23.9 Å². The molecule has 0 aromatic carbocycles. The van der Waals surface area contributed by atoms with Gasteiger partial charge in [0.15, 0.2) is 0 Å². The molecule has 0 saturated carbocycles. The van der Waals surface area contributed by atoms with E-state index in [0.29, 0.717) is 10.5 Å². The average Bonchev–Trinajstić information content (AvgIpc) is 2.75. The van der Waals surface area contributed by atoms with Gasteiger partial charge in [-0.1, -0.05) is 13.8 Å². The standard InChI is InChI=1S/C13H23N3S2/c1-9-10(2)18-12(8-17-9)11(14)4-5-13-15-6-7-16(13)3/h6-7,9-12H,4-5,8,14H2,1-3H3. The van der Waals surface area contributed by atoms with Gasteiger partial charge in [-0.05, 0) is 6.42 Å². The molecule has 18 heavy (non-hydrogen) atoms. The third kappa shape index (κ3) is 3.45. The van der Waals surface area contributed by atoms with Crippen LogP contribution >= 0.6 is 23.5 Å². The summed E-state index contributed by atoms with van der Waals surface area (Å²) >= 11 is 4.14. The van der Waals surface area contributed by atoms with Gasteiger partial charge in [-0.15, -0.1) is 0 Å². The normalized spacial score (nSPS) is 30.3. The summed E-state index contributed by atoms with van der Waals surface area (Å²) in [5.41, 5.74) is 6.35. The van der Waals surface area contributed by atoms with Gasteiger partial charge in [0.2, 0.25) is 0 Å². The number of nitrogens with zero attached hydrogens (tertiary/aromatic N) is 2. The Kier molecular flexibility index (Phi) is 5.04. The minimum absolute atomic E-state index is 0.286. The summed E-state index contributed by atoms with van der Waals surface area (Å²) in [5.74, 6) is 2.33. The largest absolute Gasteiger partial charge is 0.338 e. The predicted molar refractivity (Wildman–Crippen MR) is 82.3 cm³/mol. The minimum atomic E-state index is 0.286. The van der Waals surface area contributed by atoms with Gasteiger partial charge in [0, 0.05) is 53.4 Å². The molecule has 1 aromatic rings. The molecule has 0 spiro atoms. The van der Waals surface area contributed by atoms with E-state index in [4.69, 9.17) is 5.73 Å². The molecule has 102 valence electrons. The first-order chi connectivity index (χ1) is 8.58. The van der Waals surface area contributed by atoms with Crippen molar-refractivity contribution in [1.82, 2.24) is 9.55 Å². The first-order valence-corrected chi connectivity index (χ1v) is 8.56. The lowest BCUT2D eigenvalue weighted by Crippen LogP contribution is -2.40. The van der Waals surface area contributed by atoms with E-state index in [9.17, 15) is 0 Å². The van der Waals surface area contributed by atoms with Crippen LogP contribution in [0.2, 0.25) is 0 Å². The molecule has 1 saturated heterocycles. The van der Waals surface area contributed by atoms with Gasteiger partial charge in [0.25, 0.3) is 0 Å². The second-order valence-electron chi connectivity index (χ2n) is 5.08. The van der Waals surface area contributed by atoms with Gasteiger partial charge in [0.1, 0.15) is 5.82 Å². The number of hydrogen-bond donors (Lipinski definition) is 1. The Morgan fingerprint density at radius 1 is 1.50 bits per heavy atom. The second-order valence-corrected chi connectivity index (χ2v) is 8.11. The number of nitrogens with two attached hydrogens (primary N) is 1. The highest BCUT2D eigenvalue weighted by molar-refractivity contribution is 8.07. The molecule has 3 nitrogen and oxygen atoms in total. The second kappa shape index (κ2) is 6.35. The number of aromatic nitrogens is 2. The average molecular weight is 285 g/mol. The van der Waals surface area contributed by atoms with Crippen molar-refractivity contribution in [3.05, 3.63) is 18.2 Å². The van der Waals surface area contributed by atoms with Gasteiger partial charge in [-0.25, -0.2) is 4.98 Å². The first kappa shape index (κ1) is 14.3. The van der Waals surface area contributed by atoms with Crippen molar-refractivity contribution in [3.63, 3.8) is 0 Å². The SMILES string of the molecule is CC1SCC(C(N)CCc2nccn2C)SC1C. The minimum Gasteiger partial charge on any atom is -0.338 e. The molecule has 1 aliphatic rings. The molecule has 1 aromatic heterocycles. The summed E-state index contributed by atoms with van der Waals surface area (Å²) in [5, 5.41) is 2.07. The summed E-state index contributed by atoms with van der Waals surface area (Å²) in [6.45, 7) is 4.64. The van der Waals surface area contributed by atoms with Crippen LogP contribution < -0.4 is 5.73 Å². The summed E-state index contributed by atoms with van der Waals surface area (Å²) in [6, 6.07) is 0.286. The fourth-order valence-corrected chi connectivity index (χ4v) is 5.25.